The predicted octanol–water partition coefficient (Wildman–Crippen LogP) is 2.34. The third kappa shape index (κ3) is 5.19. The number of ether oxygens (including phenoxy) is 1. The molecule has 4 nitrogen and oxygen atoms in total. The number of halogens is 2. The minimum absolute atomic E-state index is 0.295. The summed E-state index contributed by atoms with van der Waals surface area (Å²) >= 11 is 3.10. The summed E-state index contributed by atoms with van der Waals surface area (Å²) < 4.78 is 19.0. The molecule has 0 aliphatic heterocycles. The molecule has 0 saturated carbocycles. The first-order chi connectivity index (χ1) is 9.45. The zero-order chi connectivity index (χ0) is 15.1. The Kier molecular flexibility index (Phi) is 7.12. The lowest BCUT2D eigenvalue weighted by Gasteiger charge is -2.19. The second-order valence-electron chi connectivity index (χ2n) is 4.62. The molecule has 0 aromatic heterocycles. The number of carbonyl (C=O) groups excluding carboxylic acids is 1. The van der Waals surface area contributed by atoms with Crippen molar-refractivity contribution in [3.63, 3.8) is 0 Å². The largest absolute Gasteiger partial charge is 0.465 e. The molecule has 1 aromatic rings. The molecule has 0 fully saturated rings. The maximum Gasteiger partial charge on any atom is 0.327 e. The summed E-state index contributed by atoms with van der Waals surface area (Å²) in [4.78, 5) is 14.0. The third-order valence-corrected chi connectivity index (χ3v) is 3.35. The average Bonchev–Trinajstić information content (AvgIpc) is 2.38. The van der Waals surface area contributed by atoms with E-state index in [0.29, 0.717) is 23.2 Å². The van der Waals surface area contributed by atoms with Crippen LogP contribution in [0.25, 0.3) is 0 Å². The van der Waals surface area contributed by atoms with Gasteiger partial charge in [0.15, 0.2) is 0 Å². The quantitative estimate of drug-likeness (QED) is 0.769. The van der Waals surface area contributed by atoms with Crippen molar-refractivity contribution in [3.8, 4) is 0 Å². The number of benzene rings is 1. The summed E-state index contributed by atoms with van der Waals surface area (Å²) in [6.07, 6.45) is 0. The zero-order valence-corrected chi connectivity index (χ0v) is 13.5. The molecule has 0 aliphatic rings. The Bertz CT molecular complexity index is 455. The number of hydrogen-bond acceptors (Lipinski definition) is 4. The molecule has 6 heteroatoms. The van der Waals surface area contributed by atoms with Crippen LogP contribution in [0.4, 0.5) is 4.39 Å². The Balaban J connectivity index is 2.85. The standard InChI is InChI=1S/C14H20BrFN2O2/c1-4-20-14(19)13(17-7-8-18(2)3)10-5-6-11(15)12(16)9-10/h5-6,9,13,17H,4,7-8H2,1-3H3. The SMILES string of the molecule is CCOC(=O)C(NCCN(C)C)c1ccc(Br)c(F)c1. The van der Waals surface area contributed by atoms with Crippen LogP contribution in [0.1, 0.15) is 18.5 Å². The molecule has 1 atom stereocenters. The topological polar surface area (TPSA) is 41.6 Å². The van der Waals surface area contributed by atoms with E-state index in [1.165, 1.54) is 6.07 Å². The second-order valence-corrected chi connectivity index (χ2v) is 5.47. The maximum atomic E-state index is 13.6. The van der Waals surface area contributed by atoms with Gasteiger partial charge in [0.25, 0.3) is 0 Å². The van der Waals surface area contributed by atoms with Gasteiger partial charge in [-0.15, -0.1) is 0 Å². The lowest BCUT2D eigenvalue weighted by molar-refractivity contribution is -0.145. The molecule has 20 heavy (non-hydrogen) atoms. The second kappa shape index (κ2) is 8.34. The highest BCUT2D eigenvalue weighted by atomic mass is 79.9. The Morgan fingerprint density at radius 3 is 2.75 bits per heavy atom. The first kappa shape index (κ1) is 17.1. The van der Waals surface area contributed by atoms with E-state index < -0.39 is 17.8 Å². The molecule has 1 unspecified atom stereocenters. The predicted molar refractivity (Wildman–Crippen MR) is 80.0 cm³/mol. The number of nitrogens with zero attached hydrogens (tertiary/aromatic N) is 1. The fourth-order valence-electron chi connectivity index (χ4n) is 1.69. The van der Waals surface area contributed by atoms with Crippen molar-refractivity contribution in [1.82, 2.24) is 10.2 Å². The van der Waals surface area contributed by atoms with Crippen LogP contribution in [0.15, 0.2) is 22.7 Å². The van der Waals surface area contributed by atoms with Crippen LogP contribution in [0.5, 0.6) is 0 Å². The summed E-state index contributed by atoms with van der Waals surface area (Å²) in [5.74, 6) is -0.792. The van der Waals surface area contributed by atoms with Crippen molar-refractivity contribution in [2.24, 2.45) is 0 Å². The van der Waals surface area contributed by atoms with E-state index in [1.54, 1.807) is 19.1 Å². The first-order valence-electron chi connectivity index (χ1n) is 6.45. The monoisotopic (exact) mass is 346 g/mol. The molecule has 1 N–H and O–H groups in total. The van der Waals surface area contributed by atoms with Crippen LogP contribution in [0.3, 0.4) is 0 Å². The minimum Gasteiger partial charge on any atom is -0.465 e. The van der Waals surface area contributed by atoms with E-state index in [-0.39, 0.29) is 0 Å². The van der Waals surface area contributed by atoms with E-state index >= 15 is 0 Å². The molecular formula is C14H20BrFN2O2. The van der Waals surface area contributed by atoms with Gasteiger partial charge in [-0.1, -0.05) is 6.07 Å². The highest BCUT2D eigenvalue weighted by Crippen LogP contribution is 2.21. The van der Waals surface area contributed by atoms with E-state index in [9.17, 15) is 9.18 Å². The number of esters is 1. The summed E-state index contributed by atoms with van der Waals surface area (Å²) in [5, 5.41) is 3.10. The summed E-state index contributed by atoms with van der Waals surface area (Å²) in [7, 11) is 3.89. The van der Waals surface area contributed by atoms with E-state index in [1.807, 2.05) is 19.0 Å². The van der Waals surface area contributed by atoms with Crippen LogP contribution >= 0.6 is 15.9 Å². The number of carbonyl (C=O) groups is 1. The van der Waals surface area contributed by atoms with Crippen LogP contribution in [0.2, 0.25) is 0 Å². The number of hydrogen-bond donors (Lipinski definition) is 1. The maximum absolute atomic E-state index is 13.6. The minimum atomic E-state index is -0.655. The molecule has 0 spiro atoms. The smallest absolute Gasteiger partial charge is 0.327 e. The summed E-state index contributed by atoms with van der Waals surface area (Å²) in [5.41, 5.74) is 0.558. The van der Waals surface area contributed by atoms with Gasteiger partial charge in [0.05, 0.1) is 11.1 Å². The van der Waals surface area contributed by atoms with Gasteiger partial charge < -0.3 is 9.64 Å². The van der Waals surface area contributed by atoms with Gasteiger partial charge in [-0.3, -0.25) is 5.32 Å². The van der Waals surface area contributed by atoms with Gasteiger partial charge >= 0.3 is 5.97 Å². The molecule has 0 heterocycles. The van der Waals surface area contributed by atoms with Gasteiger partial charge in [-0.05, 0) is 54.6 Å². The van der Waals surface area contributed by atoms with Crippen LogP contribution in [-0.4, -0.2) is 44.7 Å². The average molecular weight is 347 g/mol. The fourth-order valence-corrected chi connectivity index (χ4v) is 1.93. The van der Waals surface area contributed by atoms with E-state index in [4.69, 9.17) is 4.74 Å². The van der Waals surface area contributed by atoms with Crippen molar-refractivity contribution in [1.29, 1.82) is 0 Å². The Morgan fingerprint density at radius 2 is 2.20 bits per heavy atom. The molecule has 1 aromatic carbocycles. The molecule has 112 valence electrons. The van der Waals surface area contributed by atoms with Crippen molar-refractivity contribution in [2.75, 3.05) is 33.8 Å². The number of likely N-dealkylation sites (N-methyl/N-ethyl adjacent to an activating group) is 1. The molecule has 0 amide bonds. The lowest BCUT2D eigenvalue weighted by atomic mass is 10.1. The highest BCUT2D eigenvalue weighted by molar-refractivity contribution is 9.10. The fraction of sp³-hybridized carbons (Fsp3) is 0.500. The lowest BCUT2D eigenvalue weighted by Crippen LogP contribution is -2.35. The first-order valence-corrected chi connectivity index (χ1v) is 7.24. The van der Waals surface area contributed by atoms with Crippen molar-refractivity contribution < 1.29 is 13.9 Å². The van der Waals surface area contributed by atoms with Gasteiger partial charge in [0.2, 0.25) is 0 Å². The number of rotatable bonds is 7. The zero-order valence-electron chi connectivity index (χ0n) is 12.0. The molecule has 0 radical (unpaired) electrons. The molecular weight excluding hydrogens is 327 g/mol. The van der Waals surface area contributed by atoms with Crippen molar-refractivity contribution >= 4 is 21.9 Å². The summed E-state index contributed by atoms with van der Waals surface area (Å²) in [6.45, 7) is 3.42. The Morgan fingerprint density at radius 1 is 1.50 bits per heavy atom. The molecule has 0 saturated heterocycles. The summed E-state index contributed by atoms with van der Waals surface area (Å²) in [6, 6.07) is 3.98. The highest BCUT2D eigenvalue weighted by Gasteiger charge is 2.22. The third-order valence-electron chi connectivity index (χ3n) is 2.71. The molecule has 0 aliphatic carbocycles. The number of nitrogens with one attached hydrogen (secondary N) is 1. The van der Waals surface area contributed by atoms with E-state index in [0.717, 1.165) is 6.54 Å². The Hall–Kier alpha value is -0.980. The molecule has 0 bridgehead atoms. The van der Waals surface area contributed by atoms with Gasteiger partial charge in [0, 0.05) is 13.1 Å². The van der Waals surface area contributed by atoms with Crippen molar-refractivity contribution in [3.05, 3.63) is 34.1 Å². The van der Waals surface area contributed by atoms with Gasteiger partial charge in [-0.2, -0.15) is 0 Å². The van der Waals surface area contributed by atoms with Gasteiger partial charge in [-0.25, -0.2) is 9.18 Å². The molecule has 1 rings (SSSR count). The van der Waals surface area contributed by atoms with E-state index in [2.05, 4.69) is 21.2 Å². The van der Waals surface area contributed by atoms with Crippen LogP contribution in [-0.2, 0) is 9.53 Å². The normalized spacial score (nSPS) is 12.5. The van der Waals surface area contributed by atoms with Crippen LogP contribution in [0, 0.1) is 5.82 Å². The Labute approximate surface area is 127 Å². The van der Waals surface area contributed by atoms with Crippen molar-refractivity contribution in [2.45, 2.75) is 13.0 Å². The van der Waals surface area contributed by atoms with Gasteiger partial charge in [0.1, 0.15) is 11.9 Å². The van der Waals surface area contributed by atoms with Crippen LogP contribution < -0.4 is 5.32 Å².